The van der Waals surface area contributed by atoms with Gasteiger partial charge in [-0.1, -0.05) is 30.3 Å². The average molecular weight is 456 g/mol. The molecule has 2 heterocycles. The molecule has 2 aliphatic heterocycles. The molecule has 0 spiro atoms. The standard InChI is InChI=1S/C28H25NO5/c30-27-22-8-4-3-7-21(22)25(28(31)32)26(19-10-12-23-24(16-19)34-14-13-33-23)29(27)20-11-9-17-5-1-2-6-18(17)15-20/h3-4,7-12,15-16,25-26H,1-2,5-6,13-14H2,(H,31,32)/t25-,26+/m1/s1. The first-order valence-electron chi connectivity index (χ1n) is 11.8. The maximum absolute atomic E-state index is 13.9. The van der Waals surface area contributed by atoms with Gasteiger partial charge in [-0.25, -0.2) is 0 Å². The van der Waals surface area contributed by atoms with Gasteiger partial charge in [0.1, 0.15) is 19.1 Å². The van der Waals surface area contributed by atoms with Gasteiger partial charge in [0.2, 0.25) is 0 Å². The molecule has 1 amide bonds. The molecule has 6 nitrogen and oxygen atoms in total. The minimum atomic E-state index is -0.970. The summed E-state index contributed by atoms with van der Waals surface area (Å²) in [4.78, 5) is 28.3. The normalized spacial score (nSPS) is 20.9. The molecule has 0 saturated carbocycles. The van der Waals surface area contributed by atoms with E-state index in [1.807, 2.05) is 18.2 Å². The van der Waals surface area contributed by atoms with Gasteiger partial charge in [-0.3, -0.25) is 14.5 Å². The maximum atomic E-state index is 13.9. The fourth-order valence-electron chi connectivity index (χ4n) is 5.54. The van der Waals surface area contributed by atoms with Crippen molar-refractivity contribution in [2.75, 3.05) is 18.1 Å². The van der Waals surface area contributed by atoms with Gasteiger partial charge in [0.25, 0.3) is 5.91 Å². The lowest BCUT2D eigenvalue weighted by atomic mass is 9.79. The van der Waals surface area contributed by atoms with Crippen molar-refractivity contribution >= 4 is 17.6 Å². The van der Waals surface area contributed by atoms with E-state index in [-0.39, 0.29) is 5.91 Å². The van der Waals surface area contributed by atoms with Crippen LogP contribution in [0.15, 0.2) is 60.7 Å². The topological polar surface area (TPSA) is 76.1 Å². The second-order valence-electron chi connectivity index (χ2n) is 9.09. The Bertz CT molecular complexity index is 1300. The number of fused-ring (bicyclic) bond motifs is 3. The number of rotatable bonds is 3. The first kappa shape index (κ1) is 20.8. The lowest BCUT2D eigenvalue weighted by Gasteiger charge is -2.41. The van der Waals surface area contributed by atoms with Gasteiger partial charge in [0.05, 0.1) is 6.04 Å². The molecular weight excluding hydrogens is 430 g/mol. The number of ether oxygens (including phenoxy) is 2. The van der Waals surface area contributed by atoms with Gasteiger partial charge in [-0.05, 0) is 78.3 Å². The number of aliphatic carboxylic acids is 1. The summed E-state index contributed by atoms with van der Waals surface area (Å²) in [5.41, 5.74) is 4.95. The molecule has 6 rings (SSSR count). The Morgan fingerprint density at radius 1 is 0.882 bits per heavy atom. The summed E-state index contributed by atoms with van der Waals surface area (Å²) < 4.78 is 11.5. The number of carbonyl (C=O) groups excluding carboxylic acids is 1. The third-order valence-electron chi connectivity index (χ3n) is 7.12. The largest absolute Gasteiger partial charge is 0.486 e. The van der Waals surface area contributed by atoms with Crippen LogP contribution in [0.3, 0.4) is 0 Å². The third-order valence-corrected chi connectivity index (χ3v) is 7.12. The number of nitrogens with zero attached hydrogens (tertiary/aromatic N) is 1. The number of carboxylic acids is 1. The number of hydrogen-bond donors (Lipinski definition) is 1. The van der Waals surface area contributed by atoms with E-state index in [0.717, 1.165) is 24.9 Å². The SMILES string of the molecule is O=C(O)[C@@H]1c2ccccc2C(=O)N(c2ccc3c(c2)CCCC3)[C@H]1c1ccc2c(c1)OCCO2. The molecule has 0 bridgehead atoms. The minimum absolute atomic E-state index is 0.191. The molecular formula is C28H25NO5. The summed E-state index contributed by atoms with van der Waals surface area (Å²) >= 11 is 0. The Labute approximate surface area is 197 Å². The van der Waals surface area contributed by atoms with E-state index in [1.165, 1.54) is 17.5 Å². The molecule has 34 heavy (non-hydrogen) atoms. The highest BCUT2D eigenvalue weighted by atomic mass is 16.6. The van der Waals surface area contributed by atoms with Crippen molar-refractivity contribution in [2.45, 2.75) is 37.6 Å². The first-order chi connectivity index (χ1) is 16.6. The summed E-state index contributed by atoms with van der Waals surface area (Å²) in [5, 5.41) is 10.4. The molecule has 3 aliphatic rings. The van der Waals surface area contributed by atoms with Crippen LogP contribution in [0.4, 0.5) is 5.69 Å². The molecule has 172 valence electrons. The molecule has 0 radical (unpaired) electrons. The zero-order valence-corrected chi connectivity index (χ0v) is 18.7. The van der Waals surface area contributed by atoms with Gasteiger partial charge in [0.15, 0.2) is 11.5 Å². The van der Waals surface area contributed by atoms with E-state index in [9.17, 15) is 14.7 Å². The van der Waals surface area contributed by atoms with Crippen LogP contribution in [0, 0.1) is 0 Å². The summed E-state index contributed by atoms with van der Waals surface area (Å²) in [6.07, 6.45) is 4.30. The van der Waals surface area contributed by atoms with Crippen LogP contribution in [0.1, 0.15) is 57.4 Å². The fourth-order valence-corrected chi connectivity index (χ4v) is 5.54. The van der Waals surface area contributed by atoms with Crippen molar-refractivity contribution < 1.29 is 24.2 Å². The van der Waals surface area contributed by atoms with E-state index < -0.39 is 17.9 Å². The van der Waals surface area contributed by atoms with E-state index in [1.54, 1.807) is 35.2 Å². The van der Waals surface area contributed by atoms with Crippen molar-refractivity contribution in [3.8, 4) is 11.5 Å². The molecule has 6 heteroatoms. The molecule has 3 aromatic carbocycles. The highest BCUT2D eigenvalue weighted by Gasteiger charge is 2.45. The summed E-state index contributed by atoms with van der Waals surface area (Å²) in [6, 6.07) is 17.9. The lowest BCUT2D eigenvalue weighted by Crippen LogP contribution is -2.45. The maximum Gasteiger partial charge on any atom is 0.313 e. The van der Waals surface area contributed by atoms with E-state index in [2.05, 4.69) is 12.1 Å². The molecule has 0 saturated heterocycles. The second kappa shape index (κ2) is 8.20. The van der Waals surface area contributed by atoms with Crippen LogP contribution in [0.25, 0.3) is 0 Å². The Hall–Kier alpha value is -3.80. The predicted octanol–water partition coefficient (Wildman–Crippen LogP) is 4.91. The van der Waals surface area contributed by atoms with Crippen molar-refractivity contribution in [1.82, 2.24) is 0 Å². The quantitative estimate of drug-likeness (QED) is 0.608. The number of amides is 1. The number of anilines is 1. The zero-order chi connectivity index (χ0) is 23.2. The first-order valence-corrected chi connectivity index (χ1v) is 11.8. The fraction of sp³-hybridized carbons (Fsp3) is 0.286. The molecule has 0 aromatic heterocycles. The zero-order valence-electron chi connectivity index (χ0n) is 18.7. The number of benzene rings is 3. The Balaban J connectivity index is 1.55. The smallest absolute Gasteiger partial charge is 0.313 e. The Morgan fingerprint density at radius 2 is 1.65 bits per heavy atom. The van der Waals surface area contributed by atoms with Gasteiger partial charge in [-0.2, -0.15) is 0 Å². The monoisotopic (exact) mass is 455 g/mol. The molecule has 3 aromatic rings. The Kier molecular flexibility index (Phi) is 5.01. The number of hydrogen-bond acceptors (Lipinski definition) is 4. The molecule has 2 atom stereocenters. The summed E-state index contributed by atoms with van der Waals surface area (Å²) in [6.45, 7) is 0.903. The van der Waals surface area contributed by atoms with Crippen LogP contribution in [-0.4, -0.2) is 30.2 Å². The number of carboxylic acid groups (broad SMARTS) is 1. The lowest BCUT2D eigenvalue weighted by molar-refractivity contribution is -0.139. The van der Waals surface area contributed by atoms with Gasteiger partial charge in [-0.15, -0.1) is 0 Å². The van der Waals surface area contributed by atoms with Crippen LogP contribution < -0.4 is 14.4 Å². The Morgan fingerprint density at radius 3 is 2.47 bits per heavy atom. The second-order valence-corrected chi connectivity index (χ2v) is 9.09. The van der Waals surface area contributed by atoms with Crippen LogP contribution >= 0.6 is 0 Å². The van der Waals surface area contributed by atoms with Gasteiger partial charge < -0.3 is 14.6 Å². The number of carbonyl (C=O) groups is 2. The van der Waals surface area contributed by atoms with Gasteiger partial charge in [0, 0.05) is 11.3 Å². The van der Waals surface area contributed by atoms with E-state index >= 15 is 0 Å². The molecule has 1 aliphatic carbocycles. The van der Waals surface area contributed by atoms with Crippen LogP contribution in [-0.2, 0) is 17.6 Å². The van der Waals surface area contributed by atoms with E-state index in [4.69, 9.17) is 9.47 Å². The molecule has 1 N–H and O–H groups in total. The highest BCUT2D eigenvalue weighted by molar-refractivity contribution is 6.11. The van der Waals surface area contributed by atoms with E-state index in [0.29, 0.717) is 41.4 Å². The van der Waals surface area contributed by atoms with Crippen LogP contribution in [0.5, 0.6) is 11.5 Å². The highest BCUT2D eigenvalue weighted by Crippen LogP contribution is 2.47. The van der Waals surface area contributed by atoms with Gasteiger partial charge >= 0.3 is 5.97 Å². The van der Waals surface area contributed by atoms with Crippen molar-refractivity contribution in [3.05, 3.63) is 88.5 Å². The van der Waals surface area contributed by atoms with Crippen molar-refractivity contribution in [1.29, 1.82) is 0 Å². The summed E-state index contributed by atoms with van der Waals surface area (Å²) in [7, 11) is 0. The van der Waals surface area contributed by atoms with Crippen molar-refractivity contribution in [3.63, 3.8) is 0 Å². The molecule has 0 fully saturated rings. The van der Waals surface area contributed by atoms with Crippen LogP contribution in [0.2, 0.25) is 0 Å². The van der Waals surface area contributed by atoms with Crippen molar-refractivity contribution in [2.24, 2.45) is 0 Å². The number of aryl methyl sites for hydroxylation is 2. The molecule has 0 unspecified atom stereocenters. The predicted molar refractivity (Wildman–Crippen MR) is 127 cm³/mol. The minimum Gasteiger partial charge on any atom is -0.486 e. The summed E-state index contributed by atoms with van der Waals surface area (Å²) in [5.74, 6) is -0.881. The third kappa shape index (κ3) is 3.33. The average Bonchev–Trinajstić information content (AvgIpc) is 2.88.